The van der Waals surface area contributed by atoms with E-state index in [1.165, 1.54) is 25.7 Å². The maximum Gasteiger partial charge on any atom is 0.310 e. The molecular formula is C15H29NO2. The minimum Gasteiger partial charge on any atom is -0.460 e. The van der Waals surface area contributed by atoms with Gasteiger partial charge in [0.1, 0.15) is 5.60 Å². The van der Waals surface area contributed by atoms with Gasteiger partial charge in [0.15, 0.2) is 0 Å². The molecule has 106 valence electrons. The molecule has 0 aliphatic heterocycles. The fourth-order valence-electron chi connectivity index (χ4n) is 2.43. The summed E-state index contributed by atoms with van der Waals surface area (Å²) in [6, 6.07) is 0.573. The van der Waals surface area contributed by atoms with Crippen LogP contribution >= 0.6 is 0 Å². The molecular weight excluding hydrogens is 226 g/mol. The van der Waals surface area contributed by atoms with E-state index in [4.69, 9.17) is 4.74 Å². The first-order valence-corrected chi connectivity index (χ1v) is 7.26. The zero-order valence-electron chi connectivity index (χ0n) is 12.6. The molecule has 3 atom stereocenters. The number of hydrogen-bond donors (Lipinski definition) is 1. The Morgan fingerprint density at radius 3 is 2.50 bits per heavy atom. The molecule has 1 aliphatic carbocycles. The average Bonchev–Trinajstić information content (AvgIpc) is 2.25. The third-order valence-electron chi connectivity index (χ3n) is 3.61. The van der Waals surface area contributed by atoms with Gasteiger partial charge in [-0.15, -0.1) is 0 Å². The van der Waals surface area contributed by atoms with Crippen molar-refractivity contribution in [1.29, 1.82) is 0 Å². The van der Waals surface area contributed by atoms with Crippen molar-refractivity contribution in [2.45, 2.75) is 71.9 Å². The average molecular weight is 255 g/mol. The largest absolute Gasteiger partial charge is 0.460 e. The predicted octanol–water partition coefficient (Wildman–Crippen LogP) is 3.13. The highest BCUT2D eigenvalue weighted by Crippen LogP contribution is 2.23. The highest BCUT2D eigenvalue weighted by Gasteiger charge is 2.25. The van der Waals surface area contributed by atoms with Crippen molar-refractivity contribution in [3.8, 4) is 0 Å². The number of carbonyl (C=O) groups is 1. The van der Waals surface area contributed by atoms with Crippen LogP contribution < -0.4 is 5.32 Å². The second kappa shape index (κ2) is 6.55. The lowest BCUT2D eigenvalue weighted by atomic mass is 9.86. The summed E-state index contributed by atoms with van der Waals surface area (Å²) in [4.78, 5) is 11.9. The van der Waals surface area contributed by atoms with E-state index in [-0.39, 0.29) is 17.5 Å². The van der Waals surface area contributed by atoms with Crippen molar-refractivity contribution in [2.24, 2.45) is 11.8 Å². The molecule has 18 heavy (non-hydrogen) atoms. The molecule has 1 rings (SSSR count). The third-order valence-corrected chi connectivity index (χ3v) is 3.61. The minimum atomic E-state index is -0.385. The molecule has 1 saturated carbocycles. The number of esters is 1. The van der Waals surface area contributed by atoms with Gasteiger partial charge in [-0.25, -0.2) is 0 Å². The van der Waals surface area contributed by atoms with Gasteiger partial charge in [-0.3, -0.25) is 4.79 Å². The van der Waals surface area contributed by atoms with Crippen LogP contribution in [0, 0.1) is 11.8 Å². The molecule has 0 saturated heterocycles. The molecule has 3 nitrogen and oxygen atoms in total. The summed E-state index contributed by atoms with van der Waals surface area (Å²) in [5.74, 6) is 0.557. The van der Waals surface area contributed by atoms with Crippen LogP contribution in [-0.4, -0.2) is 24.2 Å². The molecule has 1 N–H and O–H groups in total. The van der Waals surface area contributed by atoms with E-state index in [0.717, 1.165) is 12.5 Å². The SMILES string of the molecule is C[C@H](CN[C@H]1CCCC[C@@H]1C)C(=O)OC(C)(C)C. The number of rotatable bonds is 4. The van der Waals surface area contributed by atoms with Gasteiger partial charge in [0.2, 0.25) is 0 Å². The van der Waals surface area contributed by atoms with Gasteiger partial charge in [0.05, 0.1) is 5.92 Å². The summed E-state index contributed by atoms with van der Waals surface area (Å²) in [6.07, 6.45) is 5.20. The zero-order valence-corrected chi connectivity index (χ0v) is 12.6. The van der Waals surface area contributed by atoms with Crippen molar-refractivity contribution in [2.75, 3.05) is 6.54 Å². The van der Waals surface area contributed by atoms with E-state index < -0.39 is 0 Å². The second-order valence-electron chi connectivity index (χ2n) is 6.71. The summed E-state index contributed by atoms with van der Waals surface area (Å²) in [5.41, 5.74) is -0.385. The number of hydrogen-bond acceptors (Lipinski definition) is 3. The summed E-state index contributed by atoms with van der Waals surface area (Å²) >= 11 is 0. The molecule has 0 aromatic heterocycles. The standard InChI is InChI=1S/C15H29NO2/c1-11-8-6-7-9-13(11)16-10-12(2)14(17)18-15(3,4)5/h11-13,16H,6-10H2,1-5H3/t11-,12+,13-/m0/s1. The van der Waals surface area contributed by atoms with E-state index in [1.54, 1.807) is 0 Å². The Balaban J connectivity index is 2.31. The molecule has 0 unspecified atom stereocenters. The molecule has 1 fully saturated rings. The lowest BCUT2D eigenvalue weighted by Crippen LogP contribution is -2.41. The first kappa shape index (κ1) is 15.5. The molecule has 0 amide bonds. The maximum absolute atomic E-state index is 11.9. The Labute approximate surface area is 112 Å². The number of nitrogens with one attached hydrogen (secondary N) is 1. The van der Waals surface area contributed by atoms with Crippen molar-refractivity contribution in [3.63, 3.8) is 0 Å². The van der Waals surface area contributed by atoms with Crippen LogP contribution in [0.2, 0.25) is 0 Å². The first-order chi connectivity index (χ1) is 8.29. The van der Waals surface area contributed by atoms with Crippen LogP contribution in [0.15, 0.2) is 0 Å². The van der Waals surface area contributed by atoms with Crippen molar-refractivity contribution < 1.29 is 9.53 Å². The van der Waals surface area contributed by atoms with E-state index in [9.17, 15) is 4.79 Å². The minimum absolute atomic E-state index is 0.0710. The Hall–Kier alpha value is -0.570. The monoisotopic (exact) mass is 255 g/mol. The molecule has 0 heterocycles. The van der Waals surface area contributed by atoms with Crippen molar-refractivity contribution >= 4 is 5.97 Å². The fraction of sp³-hybridized carbons (Fsp3) is 0.933. The van der Waals surface area contributed by atoms with Crippen molar-refractivity contribution in [1.82, 2.24) is 5.32 Å². The maximum atomic E-state index is 11.9. The Kier molecular flexibility index (Phi) is 5.64. The number of carbonyl (C=O) groups excluding carboxylic acids is 1. The molecule has 0 spiro atoms. The van der Waals surface area contributed by atoms with Crippen LogP contribution in [0.25, 0.3) is 0 Å². The van der Waals surface area contributed by atoms with Crippen LogP contribution in [0.5, 0.6) is 0 Å². The van der Waals surface area contributed by atoms with Gasteiger partial charge in [-0.05, 0) is 39.5 Å². The van der Waals surface area contributed by atoms with Crippen LogP contribution in [0.3, 0.4) is 0 Å². The number of ether oxygens (including phenoxy) is 1. The van der Waals surface area contributed by atoms with Gasteiger partial charge in [-0.1, -0.05) is 26.7 Å². The Bertz CT molecular complexity index is 270. The molecule has 0 radical (unpaired) electrons. The van der Waals surface area contributed by atoms with Gasteiger partial charge in [0, 0.05) is 12.6 Å². The summed E-state index contributed by atoms with van der Waals surface area (Å²) in [5, 5.41) is 3.54. The molecule has 1 aliphatic rings. The Morgan fingerprint density at radius 1 is 1.33 bits per heavy atom. The van der Waals surface area contributed by atoms with Gasteiger partial charge in [-0.2, -0.15) is 0 Å². The van der Waals surface area contributed by atoms with E-state index in [0.29, 0.717) is 6.04 Å². The Morgan fingerprint density at radius 2 is 1.94 bits per heavy atom. The third kappa shape index (κ3) is 5.38. The molecule has 3 heteroatoms. The summed E-state index contributed by atoms with van der Waals surface area (Å²) < 4.78 is 5.39. The van der Waals surface area contributed by atoms with E-state index in [2.05, 4.69) is 12.2 Å². The van der Waals surface area contributed by atoms with Crippen LogP contribution in [0.1, 0.15) is 60.3 Å². The van der Waals surface area contributed by atoms with Crippen LogP contribution in [0.4, 0.5) is 0 Å². The quantitative estimate of drug-likeness (QED) is 0.784. The molecule has 0 aromatic carbocycles. The highest BCUT2D eigenvalue weighted by molar-refractivity contribution is 5.72. The first-order valence-electron chi connectivity index (χ1n) is 7.26. The second-order valence-corrected chi connectivity index (χ2v) is 6.71. The van der Waals surface area contributed by atoms with Gasteiger partial charge in [0.25, 0.3) is 0 Å². The highest BCUT2D eigenvalue weighted by atomic mass is 16.6. The van der Waals surface area contributed by atoms with Crippen LogP contribution in [-0.2, 0) is 9.53 Å². The molecule has 0 bridgehead atoms. The van der Waals surface area contributed by atoms with Crippen molar-refractivity contribution in [3.05, 3.63) is 0 Å². The normalized spacial score (nSPS) is 26.7. The predicted molar refractivity (Wildman–Crippen MR) is 74.4 cm³/mol. The smallest absolute Gasteiger partial charge is 0.310 e. The summed E-state index contributed by atoms with van der Waals surface area (Å²) in [6.45, 7) is 10.7. The summed E-state index contributed by atoms with van der Waals surface area (Å²) in [7, 11) is 0. The zero-order chi connectivity index (χ0) is 13.8. The topological polar surface area (TPSA) is 38.3 Å². The fourth-order valence-corrected chi connectivity index (χ4v) is 2.43. The van der Waals surface area contributed by atoms with Gasteiger partial charge < -0.3 is 10.1 Å². The molecule has 0 aromatic rings. The van der Waals surface area contributed by atoms with E-state index >= 15 is 0 Å². The lowest BCUT2D eigenvalue weighted by molar-refractivity contribution is -0.159. The van der Waals surface area contributed by atoms with E-state index in [1.807, 2.05) is 27.7 Å². The van der Waals surface area contributed by atoms with Gasteiger partial charge >= 0.3 is 5.97 Å². The lowest BCUT2D eigenvalue weighted by Gasteiger charge is -2.31.